The molecule has 0 saturated heterocycles. The third kappa shape index (κ3) is 5.63. The molecule has 0 unspecified atom stereocenters. The van der Waals surface area contributed by atoms with Crippen LogP contribution in [0.2, 0.25) is 0 Å². The summed E-state index contributed by atoms with van der Waals surface area (Å²) < 4.78 is 2.20. The van der Waals surface area contributed by atoms with Gasteiger partial charge in [-0.2, -0.15) is 0 Å². The van der Waals surface area contributed by atoms with Gasteiger partial charge in [0.1, 0.15) is 0 Å². The highest BCUT2D eigenvalue weighted by Crippen LogP contribution is 2.39. The van der Waals surface area contributed by atoms with Crippen molar-refractivity contribution in [1.29, 1.82) is 0 Å². The Hall–Kier alpha value is -6.78. The summed E-state index contributed by atoms with van der Waals surface area (Å²) in [5, 5.41) is 2.30. The predicted octanol–water partition coefficient (Wildman–Crippen LogP) is 11.9. The minimum Gasteiger partial charge on any atom is -0.337 e. The molecule has 3 heterocycles. The Morgan fingerprint density at radius 1 is 0.510 bits per heavy atom. The van der Waals surface area contributed by atoms with Crippen molar-refractivity contribution in [2.45, 2.75) is 0 Å². The Kier molecular flexibility index (Phi) is 7.67. The van der Waals surface area contributed by atoms with Crippen LogP contribution in [-0.4, -0.2) is 21.1 Å². The zero-order valence-electron chi connectivity index (χ0n) is 28.0. The predicted molar refractivity (Wildman–Crippen MR) is 213 cm³/mol. The standard InChI is InChI=1S/C47H34N4/c1-33-16-6-5-15-29-50(38-21-11-4-12-22-38)44-27-25-36(30-40(33)44)37-26-28-46-41(31-37)39-23-13-14-24-45(39)51(46)47-48-42(34-17-7-2-8-18-34)32-43(49-47)35-19-9-3-10-20-35/h2-28,30-32H,1,29H2/b15-5-,16-6-. The molecule has 1 aliphatic rings. The lowest BCUT2D eigenvalue weighted by Crippen LogP contribution is -2.18. The highest BCUT2D eigenvalue weighted by molar-refractivity contribution is 6.10. The second-order valence-corrected chi connectivity index (χ2v) is 12.7. The molecule has 9 rings (SSSR count). The molecule has 242 valence electrons. The van der Waals surface area contributed by atoms with E-state index < -0.39 is 0 Å². The lowest BCUT2D eigenvalue weighted by Gasteiger charge is -2.27. The van der Waals surface area contributed by atoms with Crippen LogP contribution in [0.15, 0.2) is 189 Å². The molecule has 0 bridgehead atoms. The van der Waals surface area contributed by atoms with E-state index >= 15 is 0 Å². The van der Waals surface area contributed by atoms with Crippen molar-refractivity contribution in [3.05, 3.63) is 194 Å². The molecule has 4 heteroatoms. The first-order valence-corrected chi connectivity index (χ1v) is 17.2. The van der Waals surface area contributed by atoms with Crippen LogP contribution in [0.5, 0.6) is 0 Å². The smallest absolute Gasteiger partial charge is 0.235 e. The molecule has 0 radical (unpaired) electrons. The number of benzene rings is 6. The van der Waals surface area contributed by atoms with E-state index in [1.807, 2.05) is 12.1 Å². The van der Waals surface area contributed by atoms with Gasteiger partial charge in [-0.1, -0.05) is 140 Å². The molecule has 8 aromatic rings. The van der Waals surface area contributed by atoms with Crippen molar-refractivity contribution in [2.24, 2.45) is 0 Å². The first kappa shape index (κ1) is 30.3. The Labute approximate surface area is 297 Å². The Bertz CT molecular complexity index is 2560. The van der Waals surface area contributed by atoms with Crippen LogP contribution in [-0.2, 0) is 0 Å². The van der Waals surface area contributed by atoms with E-state index in [-0.39, 0.29) is 0 Å². The fourth-order valence-electron chi connectivity index (χ4n) is 7.08. The van der Waals surface area contributed by atoms with E-state index in [1.54, 1.807) is 0 Å². The summed E-state index contributed by atoms with van der Waals surface area (Å²) in [6.07, 6.45) is 8.45. The topological polar surface area (TPSA) is 34.0 Å². The number of fused-ring (bicyclic) bond motifs is 4. The van der Waals surface area contributed by atoms with Gasteiger partial charge in [-0.05, 0) is 65.2 Å². The molecular formula is C47H34N4. The number of hydrogen-bond acceptors (Lipinski definition) is 3. The number of aromatic nitrogens is 3. The largest absolute Gasteiger partial charge is 0.337 e. The number of hydrogen-bond donors (Lipinski definition) is 0. The highest BCUT2D eigenvalue weighted by atomic mass is 15.2. The first-order valence-electron chi connectivity index (χ1n) is 17.2. The Morgan fingerprint density at radius 3 is 1.84 bits per heavy atom. The summed E-state index contributed by atoms with van der Waals surface area (Å²) in [6, 6.07) is 55.3. The van der Waals surface area contributed by atoms with E-state index in [0.29, 0.717) is 5.95 Å². The average molecular weight is 655 g/mol. The average Bonchev–Trinajstić information content (AvgIpc) is 3.56. The number of nitrogens with zero attached hydrogens (tertiary/aromatic N) is 4. The van der Waals surface area contributed by atoms with Crippen molar-refractivity contribution >= 4 is 38.8 Å². The molecule has 1 aliphatic heterocycles. The molecule has 4 nitrogen and oxygen atoms in total. The molecule has 0 aliphatic carbocycles. The summed E-state index contributed by atoms with van der Waals surface area (Å²) in [7, 11) is 0. The minimum absolute atomic E-state index is 0.643. The molecule has 0 N–H and O–H groups in total. The van der Waals surface area contributed by atoms with Gasteiger partial charge in [0.15, 0.2) is 0 Å². The lowest BCUT2D eigenvalue weighted by molar-refractivity contribution is 0.995. The van der Waals surface area contributed by atoms with Crippen LogP contribution in [0.1, 0.15) is 5.56 Å². The second-order valence-electron chi connectivity index (χ2n) is 12.7. The number of rotatable bonds is 5. The van der Waals surface area contributed by atoms with Crippen LogP contribution in [0, 0.1) is 0 Å². The van der Waals surface area contributed by atoms with Crippen LogP contribution >= 0.6 is 0 Å². The maximum absolute atomic E-state index is 5.19. The van der Waals surface area contributed by atoms with Gasteiger partial charge in [-0.15, -0.1) is 0 Å². The first-order chi connectivity index (χ1) is 25.2. The summed E-state index contributed by atoms with van der Waals surface area (Å²) >= 11 is 0. The van der Waals surface area contributed by atoms with E-state index in [1.165, 1.54) is 0 Å². The number of para-hydroxylation sites is 2. The molecule has 0 atom stereocenters. The zero-order valence-corrected chi connectivity index (χ0v) is 28.0. The SMILES string of the molecule is C=C1/C=C\C=C/CN(c2ccccc2)c2ccc(-c3ccc4c(c3)c3ccccc3n4-c3nc(-c4ccccc4)cc(-c4ccccc4)n3)cc21. The van der Waals surface area contributed by atoms with Gasteiger partial charge in [0, 0.05) is 45.4 Å². The molecule has 0 saturated carbocycles. The summed E-state index contributed by atoms with van der Waals surface area (Å²) in [5.41, 5.74) is 12.6. The van der Waals surface area contributed by atoms with Gasteiger partial charge in [0.05, 0.1) is 22.4 Å². The van der Waals surface area contributed by atoms with Crippen LogP contribution in [0.4, 0.5) is 11.4 Å². The van der Waals surface area contributed by atoms with E-state index in [4.69, 9.17) is 9.97 Å². The maximum atomic E-state index is 5.19. The van der Waals surface area contributed by atoms with Crippen molar-refractivity contribution in [2.75, 3.05) is 11.4 Å². The maximum Gasteiger partial charge on any atom is 0.235 e. The number of allylic oxidation sites excluding steroid dienone is 4. The minimum atomic E-state index is 0.643. The molecule has 2 aromatic heterocycles. The Balaban J connectivity index is 1.21. The quantitative estimate of drug-likeness (QED) is 0.185. The summed E-state index contributed by atoms with van der Waals surface area (Å²) in [6.45, 7) is 5.25. The van der Waals surface area contributed by atoms with Crippen molar-refractivity contribution in [3.63, 3.8) is 0 Å². The van der Waals surface area contributed by atoms with Crippen LogP contribution in [0.3, 0.4) is 0 Å². The molecule has 0 spiro atoms. The summed E-state index contributed by atoms with van der Waals surface area (Å²) in [5.74, 6) is 0.643. The third-order valence-electron chi connectivity index (χ3n) is 9.59. The van der Waals surface area contributed by atoms with Crippen LogP contribution < -0.4 is 4.90 Å². The Morgan fingerprint density at radius 2 is 1.12 bits per heavy atom. The molecule has 0 fully saturated rings. The lowest BCUT2D eigenvalue weighted by atomic mass is 9.96. The zero-order chi connectivity index (χ0) is 34.1. The van der Waals surface area contributed by atoms with Gasteiger partial charge in [0.25, 0.3) is 0 Å². The second kappa shape index (κ2) is 12.9. The number of anilines is 2. The van der Waals surface area contributed by atoms with Gasteiger partial charge in [0.2, 0.25) is 5.95 Å². The van der Waals surface area contributed by atoms with Gasteiger partial charge >= 0.3 is 0 Å². The van der Waals surface area contributed by atoms with Gasteiger partial charge in [-0.3, -0.25) is 4.57 Å². The monoisotopic (exact) mass is 654 g/mol. The van der Waals surface area contributed by atoms with Crippen molar-refractivity contribution < 1.29 is 0 Å². The van der Waals surface area contributed by atoms with Crippen LogP contribution in [0.25, 0.3) is 67.0 Å². The third-order valence-corrected chi connectivity index (χ3v) is 9.59. The summed E-state index contributed by atoms with van der Waals surface area (Å²) in [4.78, 5) is 12.7. The fraction of sp³-hybridized carbons (Fsp3) is 0.0213. The molecule has 51 heavy (non-hydrogen) atoms. The molecule has 0 amide bonds. The fourth-order valence-corrected chi connectivity index (χ4v) is 7.08. The van der Waals surface area contributed by atoms with E-state index in [9.17, 15) is 0 Å². The molecule has 6 aromatic carbocycles. The normalized spacial score (nSPS) is 14.1. The van der Waals surface area contributed by atoms with Gasteiger partial charge in [-0.25, -0.2) is 9.97 Å². The molecular weight excluding hydrogens is 621 g/mol. The van der Waals surface area contributed by atoms with E-state index in [0.717, 1.165) is 84.5 Å². The van der Waals surface area contributed by atoms with Crippen molar-refractivity contribution in [1.82, 2.24) is 14.5 Å². The van der Waals surface area contributed by atoms with E-state index in [2.05, 4.69) is 186 Å². The van der Waals surface area contributed by atoms with Crippen molar-refractivity contribution in [3.8, 4) is 39.6 Å². The highest BCUT2D eigenvalue weighted by Gasteiger charge is 2.19. The van der Waals surface area contributed by atoms with Gasteiger partial charge < -0.3 is 4.90 Å².